The van der Waals surface area contributed by atoms with Gasteiger partial charge in [0.05, 0.1) is 0 Å². The molecule has 0 aliphatic heterocycles. The number of ketones is 1. The van der Waals surface area contributed by atoms with E-state index in [1.807, 2.05) is 0 Å². The third kappa shape index (κ3) is 3.86. The van der Waals surface area contributed by atoms with E-state index in [0.717, 1.165) is 12.1 Å². The van der Waals surface area contributed by atoms with E-state index in [-0.39, 0.29) is 62.7 Å². The normalized spacial score (nSPS) is 10.6. The summed E-state index contributed by atoms with van der Waals surface area (Å²) in [5, 5.41) is 0. The van der Waals surface area contributed by atoms with Gasteiger partial charge in [0.25, 0.3) is 0 Å². The molecule has 0 aliphatic rings. The molecule has 6 heteroatoms. The first kappa shape index (κ1) is 14.4. The van der Waals surface area contributed by atoms with E-state index in [4.69, 9.17) is 0 Å². The quantitative estimate of drug-likeness (QED) is 0.464. The average Bonchev–Trinajstić information content (AvgIpc) is 2.03. The van der Waals surface area contributed by atoms with E-state index < -0.39 is 12.4 Å². The van der Waals surface area contributed by atoms with Crippen molar-refractivity contribution in [2.24, 2.45) is 0 Å². The predicted molar refractivity (Wildman–Crippen MR) is 45.2 cm³/mol. The number of rotatable bonds is 2. The monoisotopic (exact) mass is 226 g/mol. The van der Waals surface area contributed by atoms with Gasteiger partial charge in [-0.15, -0.1) is 5.46 Å². The average molecular weight is 226 g/mol. The van der Waals surface area contributed by atoms with Gasteiger partial charge in [0.2, 0.25) is 0 Å². The van der Waals surface area contributed by atoms with Crippen molar-refractivity contribution >= 4 is 18.2 Å². The van der Waals surface area contributed by atoms with Gasteiger partial charge in [0.1, 0.15) is 0 Å². The van der Waals surface area contributed by atoms with Gasteiger partial charge < -0.3 is 12.9 Å². The summed E-state index contributed by atoms with van der Waals surface area (Å²) in [4.78, 5) is 10.8. The molecule has 0 aliphatic carbocycles. The Morgan fingerprint density at radius 1 is 1.29 bits per heavy atom. The first-order chi connectivity index (χ1) is 5.91. The molecule has 0 amide bonds. The minimum absolute atomic E-state index is 0. The van der Waals surface area contributed by atoms with Crippen LogP contribution in [-0.2, 0) is 0 Å². The molecule has 1 aromatic rings. The number of hydrogen-bond donors (Lipinski definition) is 0. The topological polar surface area (TPSA) is 17.1 Å². The Labute approximate surface area is 123 Å². The van der Waals surface area contributed by atoms with Crippen LogP contribution in [0.15, 0.2) is 24.3 Å². The third-order valence-electron chi connectivity index (χ3n) is 1.67. The summed E-state index contributed by atoms with van der Waals surface area (Å²) < 4.78 is 36.5. The molecular weight excluding hydrogens is 219 g/mol. The van der Waals surface area contributed by atoms with Crippen LogP contribution in [0.1, 0.15) is 17.3 Å². The Hall–Kier alpha value is 0.381. The van der Waals surface area contributed by atoms with Crippen molar-refractivity contribution < 1.29 is 69.1 Å². The zero-order valence-corrected chi connectivity index (χ0v) is 11.1. The number of halogens is 3. The zero-order valence-electron chi connectivity index (χ0n) is 7.93. The van der Waals surface area contributed by atoms with Crippen molar-refractivity contribution in [2.45, 2.75) is 6.92 Å². The molecule has 0 unspecified atom stereocenters. The van der Waals surface area contributed by atoms with Crippen LogP contribution in [0.4, 0.5) is 12.9 Å². The Morgan fingerprint density at radius 2 is 1.86 bits per heavy atom. The summed E-state index contributed by atoms with van der Waals surface area (Å²) in [7, 11) is 0. The fraction of sp³-hybridized carbons (Fsp3) is 0.125. The number of carbonyl (C=O) groups is 1. The molecular formula is C8H7BF3KO. The molecule has 0 bridgehead atoms. The van der Waals surface area contributed by atoms with Gasteiger partial charge in [-0.25, -0.2) is 0 Å². The summed E-state index contributed by atoms with van der Waals surface area (Å²) in [5.41, 5.74) is -0.635. The maximum atomic E-state index is 12.2. The van der Waals surface area contributed by atoms with Gasteiger partial charge in [-0.05, 0) is 6.92 Å². The summed E-state index contributed by atoms with van der Waals surface area (Å²) in [6.07, 6.45) is 0. The van der Waals surface area contributed by atoms with E-state index in [0.29, 0.717) is 0 Å². The molecule has 1 rings (SSSR count). The Kier molecular flexibility index (Phi) is 5.61. The summed E-state index contributed by atoms with van der Waals surface area (Å²) >= 11 is 0. The van der Waals surface area contributed by atoms with Crippen LogP contribution < -0.4 is 56.8 Å². The van der Waals surface area contributed by atoms with Gasteiger partial charge >= 0.3 is 58.4 Å². The molecule has 1 aromatic carbocycles. The molecule has 1 nitrogen and oxygen atoms in total. The second-order valence-corrected chi connectivity index (χ2v) is 2.76. The third-order valence-corrected chi connectivity index (χ3v) is 1.67. The molecule has 0 heterocycles. The number of benzene rings is 1. The van der Waals surface area contributed by atoms with Crippen LogP contribution >= 0.6 is 0 Å². The minimum atomic E-state index is -5.00. The second-order valence-electron chi connectivity index (χ2n) is 2.76. The summed E-state index contributed by atoms with van der Waals surface area (Å²) in [5.74, 6) is -0.359. The number of Topliss-reactive ketones (excluding diaryl/α,β-unsaturated/α-hetero) is 1. The van der Waals surface area contributed by atoms with Crippen molar-refractivity contribution in [1.29, 1.82) is 0 Å². The summed E-state index contributed by atoms with van der Waals surface area (Å²) in [6, 6.07) is 4.45. The largest absolute Gasteiger partial charge is 1.00 e. The maximum Gasteiger partial charge on any atom is 1.00 e. The SMILES string of the molecule is CC(=O)c1cccc([B-](F)(F)F)c1.[K+]. The van der Waals surface area contributed by atoms with Crippen molar-refractivity contribution in [3.8, 4) is 0 Å². The number of carbonyl (C=O) groups excluding carboxylic acids is 1. The molecule has 0 N–H and O–H groups in total. The van der Waals surface area contributed by atoms with E-state index >= 15 is 0 Å². The van der Waals surface area contributed by atoms with Crippen molar-refractivity contribution in [2.75, 3.05) is 0 Å². The predicted octanol–water partition coefficient (Wildman–Crippen LogP) is -1.05. The van der Waals surface area contributed by atoms with Crippen molar-refractivity contribution in [3.63, 3.8) is 0 Å². The van der Waals surface area contributed by atoms with E-state index in [1.165, 1.54) is 19.1 Å². The molecule has 0 spiro atoms. The summed E-state index contributed by atoms with van der Waals surface area (Å²) in [6.45, 7) is -3.77. The molecule has 0 aromatic heterocycles. The molecule has 14 heavy (non-hydrogen) atoms. The van der Waals surface area contributed by atoms with Crippen LogP contribution in [0.5, 0.6) is 0 Å². The molecule has 0 saturated heterocycles. The molecule has 0 atom stereocenters. The number of hydrogen-bond acceptors (Lipinski definition) is 1. The molecule has 0 fully saturated rings. The van der Waals surface area contributed by atoms with Crippen molar-refractivity contribution in [3.05, 3.63) is 29.8 Å². The first-order valence-electron chi connectivity index (χ1n) is 3.72. The first-order valence-corrected chi connectivity index (χ1v) is 3.72. The van der Waals surface area contributed by atoms with Crippen LogP contribution in [-0.4, -0.2) is 12.8 Å². The van der Waals surface area contributed by atoms with Gasteiger partial charge in [-0.2, -0.15) is 0 Å². The smallest absolute Gasteiger partial charge is 0.445 e. The minimum Gasteiger partial charge on any atom is -0.445 e. The van der Waals surface area contributed by atoms with Crippen LogP contribution in [0.25, 0.3) is 0 Å². The van der Waals surface area contributed by atoms with Crippen LogP contribution in [0, 0.1) is 0 Å². The Morgan fingerprint density at radius 3 is 2.29 bits per heavy atom. The molecule has 0 radical (unpaired) electrons. The standard InChI is InChI=1S/C8H7BF3O.K/c1-6(13)7-3-2-4-8(5-7)9(10,11)12;/h2-5H,1H3;/q-1;+1. The van der Waals surface area contributed by atoms with Gasteiger partial charge in [-0.1, -0.05) is 24.3 Å². The van der Waals surface area contributed by atoms with E-state index in [1.54, 1.807) is 0 Å². The fourth-order valence-corrected chi connectivity index (χ4v) is 0.961. The maximum absolute atomic E-state index is 12.2. The van der Waals surface area contributed by atoms with Crippen molar-refractivity contribution in [1.82, 2.24) is 0 Å². The fourth-order valence-electron chi connectivity index (χ4n) is 0.961. The molecule has 70 valence electrons. The van der Waals surface area contributed by atoms with Crippen LogP contribution in [0.2, 0.25) is 0 Å². The Balaban J connectivity index is 0.00000169. The Bertz CT molecular complexity index is 338. The van der Waals surface area contributed by atoms with E-state index in [2.05, 4.69) is 0 Å². The zero-order chi connectivity index (χ0) is 10.1. The van der Waals surface area contributed by atoms with Gasteiger partial charge in [0.15, 0.2) is 5.78 Å². The van der Waals surface area contributed by atoms with Gasteiger partial charge in [-0.3, -0.25) is 4.79 Å². The van der Waals surface area contributed by atoms with Crippen LogP contribution in [0.3, 0.4) is 0 Å². The molecule has 0 saturated carbocycles. The second kappa shape index (κ2) is 5.46. The van der Waals surface area contributed by atoms with Gasteiger partial charge in [0, 0.05) is 5.56 Å². The van der Waals surface area contributed by atoms with E-state index in [9.17, 15) is 17.7 Å².